The topological polar surface area (TPSA) is 76.8 Å². The zero-order chi connectivity index (χ0) is 21.8. The minimum Gasteiger partial charge on any atom is -0.493 e. The third-order valence-electron chi connectivity index (χ3n) is 4.99. The standard InChI is InChI=1S/C22H24N4O3S2/c1-3-25(4-2)31(27,28)20-11-12-21-23-24-22(26(21)16-20)30-14-13-29-19-10-9-17-7-5-6-8-18(17)15-19/h5-12,15-16H,3-4,13-14H2,1-2H3. The average molecular weight is 457 g/mol. The fourth-order valence-electron chi connectivity index (χ4n) is 3.36. The Kier molecular flexibility index (Phi) is 6.45. The van der Waals surface area contributed by atoms with Gasteiger partial charge in [0.05, 0.1) is 11.5 Å². The van der Waals surface area contributed by atoms with Gasteiger partial charge >= 0.3 is 0 Å². The molecule has 0 fully saturated rings. The van der Waals surface area contributed by atoms with Gasteiger partial charge in [-0.05, 0) is 35.0 Å². The number of pyridine rings is 1. The molecule has 7 nitrogen and oxygen atoms in total. The maximum absolute atomic E-state index is 12.8. The number of rotatable bonds is 9. The van der Waals surface area contributed by atoms with Crippen molar-refractivity contribution in [1.29, 1.82) is 0 Å². The van der Waals surface area contributed by atoms with Crippen LogP contribution in [0.25, 0.3) is 16.4 Å². The van der Waals surface area contributed by atoms with E-state index in [0.29, 0.717) is 36.3 Å². The monoisotopic (exact) mass is 456 g/mol. The molecule has 0 saturated carbocycles. The quantitative estimate of drug-likeness (QED) is 0.279. The molecule has 0 unspecified atom stereocenters. The Morgan fingerprint density at radius 1 is 1.00 bits per heavy atom. The van der Waals surface area contributed by atoms with Crippen LogP contribution in [0.3, 0.4) is 0 Å². The fraction of sp³-hybridized carbons (Fsp3) is 0.273. The van der Waals surface area contributed by atoms with Crippen molar-refractivity contribution in [2.24, 2.45) is 0 Å². The van der Waals surface area contributed by atoms with E-state index in [1.165, 1.54) is 21.5 Å². The number of ether oxygens (including phenoxy) is 1. The summed E-state index contributed by atoms with van der Waals surface area (Å²) < 4.78 is 34.7. The van der Waals surface area contributed by atoms with Gasteiger partial charge < -0.3 is 4.74 Å². The van der Waals surface area contributed by atoms with Crippen molar-refractivity contribution in [3.63, 3.8) is 0 Å². The second-order valence-electron chi connectivity index (χ2n) is 6.87. The van der Waals surface area contributed by atoms with Crippen LogP contribution in [-0.4, -0.2) is 52.8 Å². The van der Waals surface area contributed by atoms with Crippen molar-refractivity contribution in [2.45, 2.75) is 23.9 Å². The van der Waals surface area contributed by atoms with Crippen molar-refractivity contribution in [3.05, 3.63) is 60.8 Å². The molecule has 0 saturated heterocycles. The number of hydrogen-bond donors (Lipinski definition) is 0. The Bertz CT molecular complexity index is 1300. The minimum absolute atomic E-state index is 0.234. The molecule has 0 radical (unpaired) electrons. The van der Waals surface area contributed by atoms with Crippen molar-refractivity contribution in [3.8, 4) is 5.75 Å². The van der Waals surface area contributed by atoms with Gasteiger partial charge in [0, 0.05) is 25.0 Å². The van der Waals surface area contributed by atoms with E-state index in [1.54, 1.807) is 22.7 Å². The number of aromatic nitrogens is 3. The first-order valence-electron chi connectivity index (χ1n) is 10.1. The third-order valence-corrected chi connectivity index (χ3v) is 7.93. The van der Waals surface area contributed by atoms with E-state index < -0.39 is 10.0 Å². The summed E-state index contributed by atoms with van der Waals surface area (Å²) in [7, 11) is -3.54. The van der Waals surface area contributed by atoms with Crippen LogP contribution in [0, 0.1) is 0 Å². The molecule has 31 heavy (non-hydrogen) atoms. The van der Waals surface area contributed by atoms with E-state index >= 15 is 0 Å². The highest BCUT2D eigenvalue weighted by atomic mass is 32.2. The SMILES string of the molecule is CCN(CC)S(=O)(=O)c1ccc2nnc(SCCOc3ccc4ccccc4c3)n2c1. The molecule has 4 rings (SSSR count). The zero-order valence-corrected chi connectivity index (χ0v) is 19.1. The Morgan fingerprint density at radius 2 is 1.77 bits per heavy atom. The second-order valence-corrected chi connectivity index (χ2v) is 9.87. The van der Waals surface area contributed by atoms with Gasteiger partial charge in [-0.2, -0.15) is 4.31 Å². The van der Waals surface area contributed by atoms with Crippen molar-refractivity contribution in [1.82, 2.24) is 18.9 Å². The van der Waals surface area contributed by atoms with Crippen molar-refractivity contribution >= 4 is 38.2 Å². The van der Waals surface area contributed by atoms with E-state index in [-0.39, 0.29) is 4.90 Å². The largest absolute Gasteiger partial charge is 0.493 e. The first-order valence-corrected chi connectivity index (χ1v) is 12.5. The number of sulfonamides is 1. The molecule has 0 atom stereocenters. The van der Waals surface area contributed by atoms with Crippen LogP contribution in [0.5, 0.6) is 5.75 Å². The lowest BCUT2D eigenvalue weighted by Crippen LogP contribution is -2.30. The number of nitrogens with zero attached hydrogens (tertiary/aromatic N) is 4. The Labute approximate surface area is 186 Å². The molecule has 0 bridgehead atoms. The van der Waals surface area contributed by atoms with Crippen LogP contribution >= 0.6 is 11.8 Å². The first kappa shape index (κ1) is 21.6. The maximum atomic E-state index is 12.8. The number of fused-ring (bicyclic) bond motifs is 2. The molecule has 0 aliphatic heterocycles. The van der Waals surface area contributed by atoms with Crippen LogP contribution in [0.1, 0.15) is 13.8 Å². The highest BCUT2D eigenvalue weighted by Crippen LogP contribution is 2.23. The van der Waals surface area contributed by atoms with Gasteiger partial charge in [0.15, 0.2) is 10.8 Å². The summed E-state index contributed by atoms with van der Waals surface area (Å²) in [5.74, 6) is 1.47. The minimum atomic E-state index is -3.54. The summed E-state index contributed by atoms with van der Waals surface area (Å²) in [6, 6.07) is 17.4. The van der Waals surface area contributed by atoms with Crippen LogP contribution in [0.2, 0.25) is 0 Å². The molecule has 162 valence electrons. The van der Waals surface area contributed by atoms with Gasteiger partial charge in [-0.1, -0.05) is 55.9 Å². The van der Waals surface area contributed by atoms with Gasteiger partial charge in [0.2, 0.25) is 10.0 Å². The molecule has 0 spiro atoms. The predicted octanol–water partition coefficient (Wildman–Crippen LogP) is 4.08. The molecular weight excluding hydrogens is 432 g/mol. The van der Waals surface area contributed by atoms with E-state index in [4.69, 9.17) is 4.74 Å². The summed E-state index contributed by atoms with van der Waals surface area (Å²) in [5.41, 5.74) is 0.608. The van der Waals surface area contributed by atoms with E-state index in [1.807, 2.05) is 44.2 Å². The van der Waals surface area contributed by atoms with Gasteiger partial charge in [-0.3, -0.25) is 4.40 Å². The molecule has 0 aliphatic carbocycles. The number of benzene rings is 2. The Balaban J connectivity index is 1.44. The van der Waals surface area contributed by atoms with E-state index in [9.17, 15) is 8.42 Å². The molecule has 0 amide bonds. The summed E-state index contributed by atoms with van der Waals surface area (Å²) in [5, 5.41) is 11.3. The highest BCUT2D eigenvalue weighted by molar-refractivity contribution is 7.99. The molecule has 9 heteroatoms. The molecule has 2 aromatic heterocycles. The summed E-state index contributed by atoms with van der Waals surface area (Å²) in [6.07, 6.45) is 1.59. The van der Waals surface area contributed by atoms with Gasteiger partial charge in [-0.25, -0.2) is 8.42 Å². The van der Waals surface area contributed by atoms with E-state index in [0.717, 1.165) is 11.1 Å². The van der Waals surface area contributed by atoms with Crippen molar-refractivity contribution < 1.29 is 13.2 Å². The van der Waals surface area contributed by atoms with Crippen molar-refractivity contribution in [2.75, 3.05) is 25.4 Å². The molecule has 2 aromatic carbocycles. The molecule has 0 N–H and O–H groups in total. The molecule has 0 aliphatic rings. The normalized spacial score (nSPS) is 12.1. The first-order chi connectivity index (χ1) is 15.0. The van der Waals surface area contributed by atoms with Gasteiger partial charge in [0.1, 0.15) is 5.75 Å². The summed E-state index contributed by atoms with van der Waals surface area (Å²) >= 11 is 1.47. The van der Waals surface area contributed by atoms with Gasteiger partial charge in [0.25, 0.3) is 0 Å². The number of thioether (sulfide) groups is 1. The molecule has 2 heterocycles. The lowest BCUT2D eigenvalue weighted by molar-refractivity contribution is 0.344. The van der Waals surface area contributed by atoms with Gasteiger partial charge in [-0.15, -0.1) is 10.2 Å². The van der Waals surface area contributed by atoms with Crippen LogP contribution in [0.4, 0.5) is 0 Å². The highest BCUT2D eigenvalue weighted by Gasteiger charge is 2.22. The molecular formula is C22H24N4O3S2. The van der Waals surface area contributed by atoms with E-state index in [2.05, 4.69) is 22.3 Å². The fourth-order valence-corrected chi connectivity index (χ4v) is 5.55. The zero-order valence-electron chi connectivity index (χ0n) is 17.4. The summed E-state index contributed by atoms with van der Waals surface area (Å²) in [4.78, 5) is 0.234. The number of hydrogen-bond acceptors (Lipinski definition) is 6. The maximum Gasteiger partial charge on any atom is 0.244 e. The Morgan fingerprint density at radius 3 is 2.55 bits per heavy atom. The van der Waals surface area contributed by atoms with Crippen LogP contribution < -0.4 is 4.74 Å². The summed E-state index contributed by atoms with van der Waals surface area (Å²) in [6.45, 7) is 5.00. The average Bonchev–Trinajstić information content (AvgIpc) is 3.19. The lowest BCUT2D eigenvalue weighted by atomic mass is 10.1. The second kappa shape index (κ2) is 9.25. The third kappa shape index (κ3) is 4.53. The predicted molar refractivity (Wildman–Crippen MR) is 123 cm³/mol. The molecule has 4 aromatic rings. The lowest BCUT2D eigenvalue weighted by Gasteiger charge is -2.18. The van der Waals surface area contributed by atoms with Crippen LogP contribution in [0.15, 0.2) is 70.8 Å². The smallest absolute Gasteiger partial charge is 0.244 e. The Hall–Kier alpha value is -2.62. The van der Waals surface area contributed by atoms with Crippen LogP contribution in [-0.2, 0) is 10.0 Å².